The van der Waals surface area contributed by atoms with E-state index in [0.717, 1.165) is 0 Å². The van der Waals surface area contributed by atoms with Crippen molar-refractivity contribution in [2.45, 2.75) is 65.6 Å². The van der Waals surface area contributed by atoms with Gasteiger partial charge in [0.1, 0.15) is 11.5 Å². The van der Waals surface area contributed by atoms with E-state index in [9.17, 15) is 24.0 Å². The van der Waals surface area contributed by atoms with Crippen LogP contribution in [0.2, 0.25) is 0 Å². The summed E-state index contributed by atoms with van der Waals surface area (Å²) in [7, 11) is 0. The topological polar surface area (TPSA) is 122 Å². The molecule has 0 N–H and O–H groups in total. The molecule has 2 unspecified atom stereocenters. The van der Waals surface area contributed by atoms with Crippen LogP contribution < -0.4 is 9.47 Å². The third-order valence-electron chi connectivity index (χ3n) is 6.34. The second-order valence-electron chi connectivity index (χ2n) is 11.1. The van der Waals surface area contributed by atoms with E-state index in [2.05, 4.69) is 26.3 Å². The number of hydrogen-bond acceptors (Lipinski definition) is 9. The van der Waals surface area contributed by atoms with Gasteiger partial charge in [0, 0.05) is 35.1 Å². The first-order valence-electron chi connectivity index (χ1n) is 13.6. The molecule has 0 amide bonds. The number of ether oxygens (including phenoxy) is 4. The van der Waals surface area contributed by atoms with Crippen LogP contribution in [0.4, 0.5) is 0 Å². The average molecular weight is 603 g/mol. The van der Waals surface area contributed by atoms with E-state index in [1.165, 1.54) is 65.8 Å². The molecule has 0 aliphatic heterocycles. The second-order valence-corrected chi connectivity index (χ2v) is 11.1. The Morgan fingerprint density at radius 2 is 0.795 bits per heavy atom. The van der Waals surface area contributed by atoms with E-state index in [-0.39, 0.29) is 46.6 Å². The van der Waals surface area contributed by atoms with E-state index in [4.69, 9.17) is 18.9 Å². The van der Waals surface area contributed by atoms with Crippen molar-refractivity contribution >= 4 is 29.7 Å². The molecular formula is C35H38O9. The molecule has 44 heavy (non-hydrogen) atoms. The maximum Gasteiger partial charge on any atom is 0.338 e. The average Bonchev–Trinajstić information content (AvgIpc) is 2.94. The summed E-state index contributed by atoms with van der Waals surface area (Å²) in [5.74, 6) is -3.01. The summed E-state index contributed by atoms with van der Waals surface area (Å²) in [5.41, 5.74) is -1.99. The molecule has 0 heterocycles. The van der Waals surface area contributed by atoms with Crippen molar-refractivity contribution in [2.24, 2.45) is 0 Å². The first kappa shape index (κ1) is 35.1. The van der Waals surface area contributed by atoms with Crippen molar-refractivity contribution in [2.75, 3.05) is 0 Å². The van der Waals surface area contributed by atoms with Gasteiger partial charge < -0.3 is 18.9 Å². The minimum atomic E-state index is -1.84. The Kier molecular flexibility index (Phi) is 11.5. The lowest BCUT2D eigenvalue weighted by Crippen LogP contribution is -2.56. The summed E-state index contributed by atoms with van der Waals surface area (Å²) in [5, 5.41) is 0. The number of carbonyl (C=O) groups excluding carboxylic acids is 5. The Morgan fingerprint density at radius 1 is 0.523 bits per heavy atom. The second kappa shape index (κ2) is 14.4. The van der Waals surface area contributed by atoms with Gasteiger partial charge in [-0.3, -0.25) is 4.79 Å². The third kappa shape index (κ3) is 9.49. The quantitative estimate of drug-likeness (QED) is 0.151. The molecule has 2 aromatic carbocycles. The normalized spacial score (nSPS) is 13.2. The van der Waals surface area contributed by atoms with Gasteiger partial charge in [0.2, 0.25) is 5.78 Å². The molecule has 2 atom stereocenters. The van der Waals surface area contributed by atoms with E-state index >= 15 is 0 Å². The summed E-state index contributed by atoms with van der Waals surface area (Å²) in [6.07, 6.45) is -0.231. The Balaban J connectivity index is 2.51. The van der Waals surface area contributed by atoms with Crippen molar-refractivity contribution in [1.29, 1.82) is 0 Å². The Morgan fingerprint density at radius 3 is 1.05 bits per heavy atom. The zero-order valence-electron chi connectivity index (χ0n) is 26.0. The highest BCUT2D eigenvalue weighted by molar-refractivity contribution is 6.00. The minimum Gasteiger partial charge on any atom is -0.447 e. The predicted molar refractivity (Wildman–Crippen MR) is 165 cm³/mol. The number of benzene rings is 2. The highest BCUT2D eigenvalue weighted by Crippen LogP contribution is 2.32. The molecule has 2 rings (SSSR count). The fraction of sp³-hybridized carbons (Fsp3) is 0.286. The van der Waals surface area contributed by atoms with Crippen LogP contribution in [0.1, 0.15) is 52.7 Å². The minimum absolute atomic E-state index is 0.0617. The van der Waals surface area contributed by atoms with Crippen LogP contribution in [0.25, 0.3) is 0 Å². The smallest absolute Gasteiger partial charge is 0.338 e. The molecule has 0 aromatic heterocycles. The summed E-state index contributed by atoms with van der Waals surface area (Å²) >= 11 is 0. The standard InChI is InChI=1S/C35H38O9/c1-21(2)29(36)41-27-15-11-25(12-16-27)19-34(9,43-31(38)23(5)6)33(40)35(10,44-32(39)24(7)8)20-26-13-17-28(18-14-26)42-30(37)22(3)4/h11-18H,1,3,5,7,19-20H2,2,4,6,8-10H3. The number of hydrogen-bond donors (Lipinski definition) is 0. The van der Waals surface area contributed by atoms with Gasteiger partial charge in [-0.1, -0.05) is 50.6 Å². The number of ketones is 1. The Hall–Kier alpha value is -5.05. The van der Waals surface area contributed by atoms with Gasteiger partial charge in [-0.15, -0.1) is 0 Å². The van der Waals surface area contributed by atoms with E-state index in [0.29, 0.717) is 11.1 Å². The number of rotatable bonds is 14. The van der Waals surface area contributed by atoms with E-state index in [1.54, 1.807) is 24.3 Å². The van der Waals surface area contributed by atoms with Gasteiger partial charge >= 0.3 is 23.9 Å². The molecule has 0 fully saturated rings. The lowest BCUT2D eigenvalue weighted by Gasteiger charge is -2.37. The van der Waals surface area contributed by atoms with Crippen molar-refractivity contribution in [3.63, 3.8) is 0 Å². The Labute approximate surface area is 257 Å². The largest absolute Gasteiger partial charge is 0.447 e. The number of esters is 4. The molecular weight excluding hydrogens is 564 g/mol. The summed E-state index contributed by atoms with van der Waals surface area (Å²) in [6.45, 7) is 23.1. The van der Waals surface area contributed by atoms with Crippen LogP contribution >= 0.6 is 0 Å². The Bertz CT molecular complexity index is 1400. The molecule has 9 nitrogen and oxygen atoms in total. The zero-order valence-corrected chi connectivity index (χ0v) is 26.0. The molecule has 9 heteroatoms. The van der Waals surface area contributed by atoms with Crippen LogP contribution in [-0.4, -0.2) is 40.9 Å². The lowest BCUT2D eigenvalue weighted by molar-refractivity contribution is -0.179. The fourth-order valence-corrected chi connectivity index (χ4v) is 3.99. The zero-order chi connectivity index (χ0) is 33.4. The number of Topliss-reactive ketones (excluding diaryl/α,β-unsaturated/α-hetero) is 1. The first-order chi connectivity index (χ1) is 20.4. The molecule has 2 aromatic rings. The monoisotopic (exact) mass is 602 g/mol. The maximum absolute atomic E-state index is 14.4. The molecule has 0 radical (unpaired) electrons. The van der Waals surface area contributed by atoms with Gasteiger partial charge in [-0.05, 0) is 76.9 Å². The van der Waals surface area contributed by atoms with Crippen molar-refractivity contribution < 1.29 is 42.9 Å². The molecule has 0 aliphatic rings. The molecule has 0 bridgehead atoms. The molecule has 0 saturated carbocycles. The van der Waals surface area contributed by atoms with E-state index < -0.39 is 40.9 Å². The molecule has 0 aliphatic carbocycles. The SMILES string of the molecule is C=C(C)C(=O)Oc1ccc(CC(C)(OC(=O)C(=C)C)C(=O)C(C)(Cc2ccc(OC(=O)C(=C)C)cc2)OC(=O)C(=C)C)cc1. The molecule has 0 spiro atoms. The maximum atomic E-state index is 14.4. The van der Waals surface area contributed by atoms with Gasteiger partial charge in [0.05, 0.1) is 0 Å². The van der Waals surface area contributed by atoms with Gasteiger partial charge in [-0.2, -0.15) is 0 Å². The summed E-state index contributed by atoms with van der Waals surface area (Å²) in [6, 6.07) is 12.6. The van der Waals surface area contributed by atoms with Crippen molar-refractivity contribution in [3.05, 3.63) is 108 Å². The van der Waals surface area contributed by atoms with Crippen LogP contribution in [0.5, 0.6) is 11.5 Å². The highest BCUT2D eigenvalue weighted by Gasteiger charge is 2.50. The van der Waals surface area contributed by atoms with Gasteiger partial charge in [0.25, 0.3) is 0 Å². The molecule has 232 valence electrons. The fourth-order valence-electron chi connectivity index (χ4n) is 3.99. The van der Waals surface area contributed by atoms with Crippen LogP contribution in [0.3, 0.4) is 0 Å². The van der Waals surface area contributed by atoms with Gasteiger partial charge in [-0.25, -0.2) is 19.2 Å². The third-order valence-corrected chi connectivity index (χ3v) is 6.34. The lowest BCUT2D eigenvalue weighted by atomic mass is 9.79. The van der Waals surface area contributed by atoms with Crippen LogP contribution in [0, 0.1) is 0 Å². The summed E-state index contributed by atoms with van der Waals surface area (Å²) < 4.78 is 21.9. The van der Waals surface area contributed by atoms with Crippen molar-refractivity contribution in [1.82, 2.24) is 0 Å². The van der Waals surface area contributed by atoms with Crippen molar-refractivity contribution in [3.8, 4) is 11.5 Å². The van der Waals surface area contributed by atoms with Gasteiger partial charge in [0.15, 0.2) is 11.2 Å². The van der Waals surface area contributed by atoms with E-state index in [1.807, 2.05) is 0 Å². The number of carbonyl (C=O) groups is 5. The van der Waals surface area contributed by atoms with Crippen LogP contribution in [0.15, 0.2) is 97.1 Å². The summed E-state index contributed by atoms with van der Waals surface area (Å²) in [4.78, 5) is 63.7. The first-order valence-corrected chi connectivity index (χ1v) is 13.6. The molecule has 0 saturated heterocycles. The highest BCUT2D eigenvalue weighted by atomic mass is 16.6. The predicted octanol–water partition coefficient (Wildman–Crippen LogP) is 5.76. The van der Waals surface area contributed by atoms with Crippen LogP contribution in [-0.2, 0) is 46.3 Å².